The van der Waals surface area contributed by atoms with Crippen LogP contribution >= 0.6 is 0 Å². The third-order valence-corrected chi connectivity index (χ3v) is 16.0. The number of pyridine rings is 2. The van der Waals surface area contributed by atoms with Crippen LogP contribution in [0, 0.1) is 19.7 Å². The number of fused-ring (bicyclic) bond motifs is 2. The van der Waals surface area contributed by atoms with Crippen molar-refractivity contribution in [3.8, 4) is 5.75 Å². The number of hydrogen-bond acceptors (Lipinski definition) is 15. The zero-order valence-electron chi connectivity index (χ0n) is 53.5. The molecule has 18 nitrogen and oxygen atoms in total. The lowest BCUT2D eigenvalue weighted by Gasteiger charge is -2.21. The van der Waals surface area contributed by atoms with Crippen LogP contribution in [0.15, 0.2) is 170 Å². The lowest BCUT2D eigenvalue weighted by atomic mass is 9.96. The number of Topliss-reactive ketones (excluding diaryl/α,β-unsaturated/α-hetero) is 3. The lowest BCUT2D eigenvalue weighted by Crippen LogP contribution is -2.49. The highest BCUT2D eigenvalue weighted by Gasteiger charge is 2.28. The van der Waals surface area contributed by atoms with Gasteiger partial charge in [-0.2, -0.15) is 0 Å². The average molecular weight is 1270 g/mol. The quantitative estimate of drug-likeness (QED) is 0.0190. The van der Waals surface area contributed by atoms with Crippen molar-refractivity contribution in [2.75, 3.05) is 19.6 Å². The normalized spacial score (nSPS) is 13.0. The number of aromatic hydroxyl groups is 1. The fourth-order valence-electron chi connectivity index (χ4n) is 10.6. The largest absolute Gasteiger partial charge is 0.507 e. The van der Waals surface area contributed by atoms with Crippen molar-refractivity contribution in [2.24, 2.45) is 34.4 Å². The molecule has 0 unspecified atom stereocenters. The van der Waals surface area contributed by atoms with Crippen LogP contribution in [0.5, 0.6) is 5.75 Å². The van der Waals surface area contributed by atoms with E-state index >= 15 is 0 Å². The van der Waals surface area contributed by atoms with E-state index in [9.17, 15) is 38.3 Å². The van der Waals surface area contributed by atoms with E-state index in [2.05, 4.69) is 32.0 Å². The van der Waals surface area contributed by atoms with Crippen molar-refractivity contribution in [3.63, 3.8) is 0 Å². The minimum absolute atomic E-state index is 0.0471. The second kappa shape index (κ2) is 38.8. The maximum absolute atomic E-state index is 13.7. The van der Waals surface area contributed by atoms with Gasteiger partial charge in [-0.05, 0) is 186 Å². The summed E-state index contributed by atoms with van der Waals surface area (Å²) < 4.78 is 13.7. The molecule has 8 rings (SSSR count). The van der Waals surface area contributed by atoms with Crippen LogP contribution in [0.2, 0.25) is 0 Å². The first-order valence-electron chi connectivity index (χ1n) is 32.0. The van der Waals surface area contributed by atoms with Crippen LogP contribution in [0.3, 0.4) is 0 Å². The molecule has 8 aromatic rings. The smallest absolute Gasteiger partial charge is 0.237 e. The van der Waals surface area contributed by atoms with Crippen molar-refractivity contribution >= 4 is 56.9 Å². The highest BCUT2D eigenvalue weighted by Crippen LogP contribution is 2.25. The molecular formula is C74H92FN11O7. The Hall–Kier alpha value is -8.95. The molecule has 0 bridgehead atoms. The van der Waals surface area contributed by atoms with Gasteiger partial charge in [0, 0.05) is 48.0 Å². The number of benzene rings is 6. The number of phenols is 1. The van der Waals surface area contributed by atoms with Gasteiger partial charge in [-0.15, -0.1) is 0 Å². The number of rotatable bonds is 33. The molecule has 492 valence electrons. The first-order valence-corrected chi connectivity index (χ1v) is 32.0. The number of para-hydroxylation sites is 1. The Morgan fingerprint density at radius 3 is 1.24 bits per heavy atom. The van der Waals surface area contributed by atoms with E-state index in [-0.39, 0.29) is 59.7 Å². The predicted molar refractivity (Wildman–Crippen MR) is 366 cm³/mol. The maximum Gasteiger partial charge on any atom is 0.237 e. The second-order valence-corrected chi connectivity index (χ2v) is 23.6. The Morgan fingerprint density at radius 2 is 0.817 bits per heavy atom. The molecule has 93 heavy (non-hydrogen) atoms. The van der Waals surface area contributed by atoms with Gasteiger partial charge in [-0.25, -0.2) is 4.39 Å². The lowest BCUT2D eigenvalue weighted by molar-refractivity contribution is -0.128. The second-order valence-electron chi connectivity index (χ2n) is 23.6. The third-order valence-electron chi connectivity index (χ3n) is 16.0. The first kappa shape index (κ1) is 73.1. The van der Waals surface area contributed by atoms with Gasteiger partial charge in [0.1, 0.15) is 11.6 Å². The summed E-state index contributed by atoms with van der Waals surface area (Å²) in [5, 5.41) is 20.7. The van der Waals surface area contributed by atoms with E-state index in [1.54, 1.807) is 19.3 Å². The third kappa shape index (κ3) is 24.9. The maximum atomic E-state index is 13.7. The number of aromatic nitrogens is 2. The Bertz CT molecular complexity index is 3680. The van der Waals surface area contributed by atoms with Crippen LogP contribution < -0.4 is 50.4 Å². The monoisotopic (exact) mass is 1270 g/mol. The van der Waals surface area contributed by atoms with Crippen LogP contribution in [0.4, 0.5) is 4.39 Å². The van der Waals surface area contributed by atoms with Crippen molar-refractivity contribution < 1.29 is 38.3 Å². The van der Waals surface area contributed by atoms with E-state index in [0.29, 0.717) is 102 Å². The van der Waals surface area contributed by atoms with Gasteiger partial charge in [-0.3, -0.25) is 38.7 Å². The van der Waals surface area contributed by atoms with Gasteiger partial charge in [0.25, 0.3) is 0 Å². The SMILES string of the molecule is Cc1cc(F)cc(CC(=O)[C@@H](CCc2ccccc2)NC(=O)[C@@H](N)CCCN)c1O.Cc1ccc2ncc(CC(=O)[C@@H](CCc3ccccc3)NC(=O)[C@@H](N)CCCN)cc2c1.NCCC[C@H](N)C(=O)N[C@H](CCc1ccccc1)C(=O)Cc1cnc2ccccc2c1. The predicted octanol–water partition coefficient (Wildman–Crippen LogP) is 7.50. The molecule has 6 atom stereocenters. The number of nitrogens with two attached hydrogens (primary N) is 6. The van der Waals surface area contributed by atoms with E-state index in [0.717, 1.165) is 61.3 Å². The van der Waals surface area contributed by atoms with Gasteiger partial charge in [0.2, 0.25) is 17.7 Å². The number of ketones is 3. The Labute approximate surface area is 545 Å². The van der Waals surface area contributed by atoms with E-state index in [1.807, 2.05) is 146 Å². The topological polar surface area (TPSA) is 341 Å². The Balaban J connectivity index is 0.000000221. The molecule has 0 radical (unpaired) electrons. The summed E-state index contributed by atoms with van der Waals surface area (Å²) in [6.45, 7) is 4.98. The summed E-state index contributed by atoms with van der Waals surface area (Å²) >= 11 is 0. The number of aryl methyl sites for hydroxylation is 5. The zero-order chi connectivity index (χ0) is 67.1. The van der Waals surface area contributed by atoms with Crippen LogP contribution in [-0.4, -0.2) is 106 Å². The number of amides is 3. The van der Waals surface area contributed by atoms with Crippen molar-refractivity contribution in [1.82, 2.24) is 25.9 Å². The van der Waals surface area contributed by atoms with Gasteiger partial charge in [0.05, 0.1) is 47.3 Å². The molecule has 19 heteroatoms. The molecule has 2 aromatic heterocycles. The number of nitrogens with one attached hydrogen (secondary N) is 3. The highest BCUT2D eigenvalue weighted by atomic mass is 19.1. The van der Waals surface area contributed by atoms with Gasteiger partial charge >= 0.3 is 0 Å². The fourth-order valence-corrected chi connectivity index (χ4v) is 10.6. The summed E-state index contributed by atoms with van der Waals surface area (Å²) in [7, 11) is 0. The molecule has 0 aliphatic rings. The Morgan fingerprint density at radius 1 is 0.441 bits per heavy atom. The van der Waals surface area contributed by atoms with Crippen LogP contribution in [0.25, 0.3) is 21.8 Å². The molecule has 0 aliphatic carbocycles. The van der Waals surface area contributed by atoms with Crippen LogP contribution in [-0.2, 0) is 67.3 Å². The van der Waals surface area contributed by atoms with Gasteiger partial charge in [-0.1, -0.05) is 121 Å². The number of hydrogen-bond donors (Lipinski definition) is 10. The van der Waals surface area contributed by atoms with Crippen molar-refractivity contribution in [3.05, 3.63) is 220 Å². The highest BCUT2D eigenvalue weighted by molar-refractivity contribution is 5.94. The summed E-state index contributed by atoms with van der Waals surface area (Å²) in [6.07, 6.45) is 10.4. The number of phenolic OH excluding ortho intramolecular Hbond substituents is 1. The fraction of sp³-hybridized carbons (Fsp3) is 0.351. The summed E-state index contributed by atoms with van der Waals surface area (Å²) in [5.41, 5.74) is 42.8. The minimum Gasteiger partial charge on any atom is -0.507 e. The van der Waals surface area contributed by atoms with Gasteiger partial charge in [0.15, 0.2) is 17.3 Å². The molecule has 0 aliphatic heterocycles. The molecule has 6 aromatic carbocycles. The van der Waals surface area contributed by atoms with Crippen molar-refractivity contribution in [1.29, 1.82) is 0 Å². The molecule has 0 fully saturated rings. The van der Waals surface area contributed by atoms with Crippen LogP contribution in [0.1, 0.15) is 102 Å². The zero-order valence-corrected chi connectivity index (χ0v) is 53.5. The summed E-state index contributed by atoms with van der Waals surface area (Å²) in [6, 6.07) is 45.5. The molecule has 2 heterocycles. The molecule has 0 saturated heterocycles. The van der Waals surface area contributed by atoms with E-state index in [4.69, 9.17) is 34.4 Å². The number of carbonyl (C=O) groups is 6. The molecule has 0 saturated carbocycles. The molecule has 16 N–H and O–H groups in total. The molecule has 3 amide bonds. The first-order chi connectivity index (χ1) is 44.8. The Kier molecular flexibility index (Phi) is 30.5. The van der Waals surface area contributed by atoms with Gasteiger partial charge < -0.3 is 55.5 Å². The molecular weight excluding hydrogens is 1170 g/mol. The standard InChI is InChI=1S/C26H32N4O2.C25H30N4O2.C23H30FN3O3/c1-18-9-11-23-21(14-18)15-20(17-29-23)16-25(31)24(12-10-19-6-3-2-4-7-19)30-26(32)22(28)8-5-13-27;26-14-6-10-21(27)25(31)29-23(13-12-18-7-2-1-3-8-18)24(30)16-19-15-20-9-4-5-11-22(20)28-17-19;1-15-12-18(24)13-17(22(15)29)14-21(28)20(10-9-16-6-3-2-4-7-16)27-23(30)19(26)8-5-11-25/h2-4,6-7,9,11,14-15,17,22,24H,5,8,10,12-13,16,27-28H2,1H3,(H,30,32);1-5,7-9,11,15,17,21,23H,6,10,12-14,16,26-27H2,(H,29,31);2-4,6-7,12-13,19-20,29H,5,8-11,14,25-26H2,1H3,(H,27,30)/t22-,24+;21-,23+;19-,20+/m000/s1. The summed E-state index contributed by atoms with van der Waals surface area (Å²) in [5.74, 6) is -2.09. The minimum atomic E-state index is -0.801. The van der Waals surface area contributed by atoms with E-state index in [1.165, 1.54) is 6.07 Å². The summed E-state index contributed by atoms with van der Waals surface area (Å²) in [4.78, 5) is 85.9. The van der Waals surface area contributed by atoms with E-state index < -0.39 is 48.0 Å². The number of halogens is 1. The molecule has 0 spiro atoms. The van der Waals surface area contributed by atoms with Crippen molar-refractivity contribution in [2.45, 2.75) is 146 Å². The number of carbonyl (C=O) groups excluding carboxylic acids is 6. The average Bonchev–Trinajstić information content (AvgIpc) is 1.73. The number of nitrogens with zero attached hydrogens (tertiary/aromatic N) is 2.